The number of rotatable bonds is 6. The van der Waals surface area contributed by atoms with Gasteiger partial charge in [-0.3, -0.25) is 4.79 Å². The van der Waals surface area contributed by atoms with Crippen LogP contribution in [-0.2, 0) is 9.53 Å². The van der Waals surface area contributed by atoms with Crippen LogP contribution in [-0.4, -0.2) is 24.5 Å². The second-order valence-electron chi connectivity index (χ2n) is 4.56. The summed E-state index contributed by atoms with van der Waals surface area (Å²) in [7, 11) is 0. The van der Waals surface area contributed by atoms with Crippen LogP contribution in [0.4, 0.5) is 5.69 Å². The lowest BCUT2D eigenvalue weighted by molar-refractivity contribution is -0.124. The maximum atomic E-state index is 11.8. The van der Waals surface area contributed by atoms with Gasteiger partial charge in [0.05, 0.1) is 5.56 Å². The van der Waals surface area contributed by atoms with E-state index in [0.29, 0.717) is 5.02 Å². The molecule has 0 aliphatic carbocycles. The maximum Gasteiger partial charge on any atom is 0.340 e. The van der Waals surface area contributed by atoms with Crippen molar-refractivity contribution in [2.24, 2.45) is 0 Å². The Bertz CT molecular complexity index is 491. The van der Waals surface area contributed by atoms with E-state index >= 15 is 0 Å². The minimum Gasteiger partial charge on any atom is -0.452 e. The Morgan fingerprint density at radius 3 is 2.75 bits per heavy atom. The number of benzene rings is 1. The topological polar surface area (TPSA) is 81.4 Å². The van der Waals surface area contributed by atoms with Crippen LogP contribution in [0.25, 0.3) is 0 Å². The molecule has 0 heterocycles. The van der Waals surface area contributed by atoms with Crippen molar-refractivity contribution in [3.05, 3.63) is 28.8 Å². The highest BCUT2D eigenvalue weighted by molar-refractivity contribution is 6.31. The molecule has 0 bridgehead atoms. The van der Waals surface area contributed by atoms with E-state index in [4.69, 9.17) is 22.1 Å². The van der Waals surface area contributed by atoms with Crippen molar-refractivity contribution in [2.75, 3.05) is 12.3 Å². The highest BCUT2D eigenvalue weighted by Gasteiger charge is 2.14. The van der Waals surface area contributed by atoms with Gasteiger partial charge in [0, 0.05) is 16.8 Å². The van der Waals surface area contributed by atoms with Crippen LogP contribution >= 0.6 is 11.6 Å². The van der Waals surface area contributed by atoms with E-state index in [-0.39, 0.29) is 29.8 Å². The Morgan fingerprint density at radius 2 is 2.15 bits per heavy atom. The summed E-state index contributed by atoms with van der Waals surface area (Å²) >= 11 is 5.74. The molecule has 20 heavy (non-hydrogen) atoms. The molecule has 0 aliphatic rings. The molecule has 0 fully saturated rings. The number of halogens is 1. The zero-order valence-corrected chi connectivity index (χ0v) is 12.4. The molecule has 1 amide bonds. The Labute approximate surface area is 123 Å². The van der Waals surface area contributed by atoms with E-state index in [9.17, 15) is 9.59 Å². The molecule has 1 aromatic rings. The summed E-state index contributed by atoms with van der Waals surface area (Å²) in [5.41, 5.74) is 6.09. The number of esters is 1. The molecule has 1 unspecified atom stereocenters. The summed E-state index contributed by atoms with van der Waals surface area (Å²) in [4.78, 5) is 23.3. The normalized spacial score (nSPS) is 11.8. The van der Waals surface area contributed by atoms with Gasteiger partial charge in [-0.25, -0.2) is 4.79 Å². The number of nitrogens with one attached hydrogen (secondary N) is 1. The molecule has 0 saturated heterocycles. The first-order chi connectivity index (χ1) is 9.43. The summed E-state index contributed by atoms with van der Waals surface area (Å²) in [5, 5.41) is 3.18. The van der Waals surface area contributed by atoms with E-state index in [2.05, 4.69) is 5.32 Å². The third-order valence-electron chi connectivity index (χ3n) is 2.70. The number of ether oxygens (including phenoxy) is 1. The number of amides is 1. The van der Waals surface area contributed by atoms with Gasteiger partial charge in [0.25, 0.3) is 5.91 Å². The fourth-order valence-electron chi connectivity index (χ4n) is 1.75. The van der Waals surface area contributed by atoms with Crippen molar-refractivity contribution in [3.63, 3.8) is 0 Å². The van der Waals surface area contributed by atoms with Crippen LogP contribution in [0.1, 0.15) is 37.0 Å². The Hall–Kier alpha value is -1.75. The summed E-state index contributed by atoms with van der Waals surface area (Å²) in [6.07, 6.45) is 1.85. The molecule has 1 aromatic carbocycles. The first-order valence-electron chi connectivity index (χ1n) is 6.45. The number of nitrogens with two attached hydrogens (primary N) is 1. The van der Waals surface area contributed by atoms with Crippen molar-refractivity contribution in [2.45, 2.75) is 32.7 Å². The number of anilines is 1. The first kappa shape index (κ1) is 16.3. The Balaban J connectivity index is 2.49. The van der Waals surface area contributed by atoms with Gasteiger partial charge in [-0.2, -0.15) is 0 Å². The SMILES string of the molecule is CCCC(C)NC(=O)COC(=O)c1ccc(Cl)cc1N. The van der Waals surface area contributed by atoms with Crippen molar-refractivity contribution in [1.82, 2.24) is 5.32 Å². The van der Waals surface area contributed by atoms with E-state index in [1.807, 2.05) is 13.8 Å². The monoisotopic (exact) mass is 298 g/mol. The fraction of sp³-hybridized carbons (Fsp3) is 0.429. The third kappa shape index (κ3) is 5.09. The Morgan fingerprint density at radius 1 is 1.45 bits per heavy atom. The number of hydrogen-bond donors (Lipinski definition) is 2. The van der Waals surface area contributed by atoms with Gasteiger partial charge in [0.15, 0.2) is 6.61 Å². The molecule has 6 heteroatoms. The van der Waals surface area contributed by atoms with E-state index < -0.39 is 5.97 Å². The molecule has 5 nitrogen and oxygen atoms in total. The molecular formula is C14H19ClN2O3. The largest absolute Gasteiger partial charge is 0.452 e. The molecular weight excluding hydrogens is 280 g/mol. The molecule has 0 saturated carbocycles. The average molecular weight is 299 g/mol. The maximum absolute atomic E-state index is 11.8. The molecule has 0 aliphatic heterocycles. The number of nitrogen functional groups attached to an aromatic ring is 1. The molecule has 0 radical (unpaired) electrons. The van der Waals surface area contributed by atoms with Crippen molar-refractivity contribution < 1.29 is 14.3 Å². The predicted molar refractivity (Wildman–Crippen MR) is 78.7 cm³/mol. The molecule has 110 valence electrons. The quantitative estimate of drug-likeness (QED) is 0.624. The molecule has 1 rings (SSSR count). The minimum atomic E-state index is -0.641. The van der Waals surface area contributed by atoms with Crippen LogP contribution in [0, 0.1) is 0 Å². The summed E-state index contributed by atoms with van der Waals surface area (Å²) in [5.74, 6) is -0.968. The van der Waals surface area contributed by atoms with E-state index in [0.717, 1.165) is 12.8 Å². The number of carbonyl (C=O) groups excluding carboxylic acids is 2. The van der Waals surface area contributed by atoms with E-state index in [1.54, 1.807) is 0 Å². The molecule has 3 N–H and O–H groups in total. The lowest BCUT2D eigenvalue weighted by Gasteiger charge is -2.13. The summed E-state index contributed by atoms with van der Waals surface area (Å²) < 4.78 is 4.92. The average Bonchev–Trinajstić information content (AvgIpc) is 2.36. The molecule has 0 aromatic heterocycles. The van der Waals surface area contributed by atoms with E-state index in [1.165, 1.54) is 18.2 Å². The van der Waals surface area contributed by atoms with Gasteiger partial charge in [0.2, 0.25) is 0 Å². The van der Waals surface area contributed by atoms with Crippen molar-refractivity contribution >= 4 is 29.2 Å². The first-order valence-corrected chi connectivity index (χ1v) is 6.83. The van der Waals surface area contributed by atoms with Crippen LogP contribution in [0.5, 0.6) is 0 Å². The van der Waals surface area contributed by atoms with Gasteiger partial charge in [-0.05, 0) is 31.5 Å². The van der Waals surface area contributed by atoms with Crippen LogP contribution in [0.15, 0.2) is 18.2 Å². The van der Waals surface area contributed by atoms with Crippen molar-refractivity contribution in [3.8, 4) is 0 Å². The lowest BCUT2D eigenvalue weighted by Crippen LogP contribution is -2.35. The van der Waals surface area contributed by atoms with Crippen LogP contribution in [0.3, 0.4) is 0 Å². The van der Waals surface area contributed by atoms with Gasteiger partial charge in [0.1, 0.15) is 0 Å². The van der Waals surface area contributed by atoms with Gasteiger partial charge >= 0.3 is 5.97 Å². The third-order valence-corrected chi connectivity index (χ3v) is 2.93. The van der Waals surface area contributed by atoms with Gasteiger partial charge < -0.3 is 15.8 Å². The van der Waals surface area contributed by atoms with Gasteiger partial charge in [-0.1, -0.05) is 24.9 Å². The smallest absolute Gasteiger partial charge is 0.340 e. The summed E-state index contributed by atoms with van der Waals surface area (Å²) in [6, 6.07) is 4.53. The molecule has 1 atom stereocenters. The second-order valence-corrected chi connectivity index (χ2v) is 5.00. The number of carbonyl (C=O) groups is 2. The van der Waals surface area contributed by atoms with Gasteiger partial charge in [-0.15, -0.1) is 0 Å². The minimum absolute atomic E-state index is 0.0619. The lowest BCUT2D eigenvalue weighted by atomic mass is 10.2. The number of hydrogen-bond acceptors (Lipinski definition) is 4. The van der Waals surface area contributed by atoms with Crippen LogP contribution < -0.4 is 11.1 Å². The highest BCUT2D eigenvalue weighted by Crippen LogP contribution is 2.18. The fourth-order valence-corrected chi connectivity index (χ4v) is 1.93. The molecule has 0 spiro atoms. The zero-order valence-electron chi connectivity index (χ0n) is 11.6. The predicted octanol–water partition coefficient (Wildman–Crippen LogP) is 2.38. The highest BCUT2D eigenvalue weighted by atomic mass is 35.5. The standard InChI is InChI=1S/C14H19ClN2O3/c1-3-4-9(2)17-13(18)8-20-14(19)11-6-5-10(15)7-12(11)16/h5-7,9H,3-4,8,16H2,1-2H3,(H,17,18). The van der Waals surface area contributed by atoms with Crippen LogP contribution in [0.2, 0.25) is 5.02 Å². The summed E-state index contributed by atoms with van der Waals surface area (Å²) in [6.45, 7) is 3.61. The second kappa shape index (κ2) is 7.75. The Kier molecular flexibility index (Phi) is 6.31. The zero-order chi connectivity index (χ0) is 15.1. The van der Waals surface area contributed by atoms with Crippen molar-refractivity contribution in [1.29, 1.82) is 0 Å².